The molecule has 0 spiro atoms. The van der Waals surface area contributed by atoms with Crippen molar-refractivity contribution in [3.63, 3.8) is 0 Å². The lowest BCUT2D eigenvalue weighted by Gasteiger charge is -2.07. The summed E-state index contributed by atoms with van der Waals surface area (Å²) in [6.07, 6.45) is 2.88. The number of hydrogen-bond acceptors (Lipinski definition) is 6. The molecule has 0 bridgehead atoms. The maximum absolute atomic E-state index is 12.6. The van der Waals surface area contributed by atoms with Gasteiger partial charge in [-0.3, -0.25) is 14.9 Å². The van der Waals surface area contributed by atoms with E-state index in [2.05, 4.69) is 10.3 Å². The number of benzene rings is 3. The van der Waals surface area contributed by atoms with Crippen LogP contribution in [0.25, 0.3) is 38.2 Å². The number of nitro groups is 1. The van der Waals surface area contributed by atoms with Gasteiger partial charge in [0.2, 0.25) is 5.91 Å². The van der Waals surface area contributed by atoms with Gasteiger partial charge in [-0.1, -0.05) is 36.4 Å². The van der Waals surface area contributed by atoms with E-state index < -0.39 is 4.92 Å². The van der Waals surface area contributed by atoms with Crippen LogP contribution >= 0.6 is 11.3 Å². The number of hydrogen-bond donors (Lipinski definition) is 1. The molecule has 0 aliphatic rings. The molecule has 5 rings (SSSR count). The Morgan fingerprint density at radius 1 is 0.941 bits per heavy atom. The number of thiazole rings is 1. The van der Waals surface area contributed by atoms with Crippen molar-refractivity contribution in [1.82, 2.24) is 4.98 Å². The fourth-order valence-electron chi connectivity index (χ4n) is 3.53. The first-order valence-electron chi connectivity index (χ1n) is 10.4. The number of rotatable bonds is 6. The predicted molar refractivity (Wildman–Crippen MR) is 134 cm³/mol. The number of aromatic nitrogens is 1. The summed E-state index contributed by atoms with van der Waals surface area (Å²) < 4.78 is 6.78. The van der Waals surface area contributed by atoms with Gasteiger partial charge in [-0.2, -0.15) is 0 Å². The summed E-state index contributed by atoms with van der Waals surface area (Å²) in [5, 5.41) is 15.0. The highest BCUT2D eigenvalue weighted by Gasteiger charge is 2.17. The minimum atomic E-state index is -0.455. The van der Waals surface area contributed by atoms with Gasteiger partial charge in [0.25, 0.3) is 5.69 Å². The Bertz CT molecular complexity index is 1520. The molecule has 166 valence electrons. The van der Waals surface area contributed by atoms with Gasteiger partial charge in [0.1, 0.15) is 16.5 Å². The van der Waals surface area contributed by atoms with Crippen LogP contribution in [0.15, 0.2) is 95.4 Å². The highest BCUT2D eigenvalue weighted by molar-refractivity contribution is 7.21. The Labute approximate surface area is 198 Å². The third-order valence-corrected chi connectivity index (χ3v) is 6.17. The van der Waals surface area contributed by atoms with E-state index in [1.165, 1.54) is 18.2 Å². The highest BCUT2D eigenvalue weighted by atomic mass is 32.1. The zero-order valence-electron chi connectivity index (χ0n) is 17.7. The second-order valence-electron chi connectivity index (χ2n) is 7.33. The van der Waals surface area contributed by atoms with Crippen molar-refractivity contribution in [2.75, 3.05) is 5.32 Å². The lowest BCUT2D eigenvalue weighted by molar-refractivity contribution is -0.384. The van der Waals surface area contributed by atoms with E-state index in [-0.39, 0.29) is 11.6 Å². The normalized spacial score (nSPS) is 11.2. The molecule has 1 amide bonds. The molecule has 1 N–H and O–H groups in total. The van der Waals surface area contributed by atoms with E-state index in [4.69, 9.17) is 4.42 Å². The number of para-hydroxylation sites is 3. The lowest BCUT2D eigenvalue weighted by Crippen LogP contribution is -2.08. The molecule has 0 saturated carbocycles. The summed E-state index contributed by atoms with van der Waals surface area (Å²) in [5.41, 5.74) is 2.73. The summed E-state index contributed by atoms with van der Waals surface area (Å²) >= 11 is 1.56. The van der Waals surface area contributed by atoms with Crippen LogP contribution in [0.3, 0.4) is 0 Å². The molecular weight excluding hydrogens is 450 g/mol. The molecule has 0 aliphatic heterocycles. The van der Waals surface area contributed by atoms with Crippen molar-refractivity contribution >= 4 is 44.9 Å². The lowest BCUT2D eigenvalue weighted by atomic mass is 10.1. The Balaban J connectivity index is 1.34. The molecule has 0 radical (unpaired) electrons. The number of nitrogens with zero attached hydrogens (tertiary/aromatic N) is 2. The first kappa shape index (κ1) is 21.3. The van der Waals surface area contributed by atoms with Crippen LogP contribution in [-0.2, 0) is 4.79 Å². The Hall–Kier alpha value is -4.56. The molecule has 34 heavy (non-hydrogen) atoms. The van der Waals surface area contributed by atoms with E-state index in [9.17, 15) is 14.9 Å². The van der Waals surface area contributed by atoms with Crippen LogP contribution in [0, 0.1) is 10.1 Å². The fraction of sp³-hybridized carbons (Fsp3) is 0. The number of fused-ring (bicyclic) bond motifs is 1. The topological polar surface area (TPSA) is 98.3 Å². The molecule has 0 unspecified atom stereocenters. The van der Waals surface area contributed by atoms with Crippen LogP contribution in [0.5, 0.6) is 0 Å². The molecule has 0 saturated heterocycles. The number of amides is 1. The summed E-state index contributed by atoms with van der Waals surface area (Å²) in [4.78, 5) is 28.1. The highest BCUT2D eigenvalue weighted by Crippen LogP contribution is 2.34. The average Bonchev–Trinajstić information content (AvgIpc) is 3.50. The second-order valence-corrected chi connectivity index (χ2v) is 8.36. The smallest absolute Gasteiger partial charge is 0.280 e. The zero-order chi connectivity index (χ0) is 23.5. The van der Waals surface area contributed by atoms with Crippen LogP contribution < -0.4 is 5.32 Å². The molecule has 3 aromatic carbocycles. The summed E-state index contributed by atoms with van der Waals surface area (Å²) in [7, 11) is 0. The Kier molecular flexibility index (Phi) is 5.72. The zero-order valence-corrected chi connectivity index (χ0v) is 18.5. The van der Waals surface area contributed by atoms with Crippen molar-refractivity contribution in [3.8, 4) is 21.9 Å². The quantitative estimate of drug-likeness (QED) is 0.169. The number of carbonyl (C=O) groups is 1. The van der Waals surface area contributed by atoms with Gasteiger partial charge in [0.05, 0.1) is 26.4 Å². The first-order chi connectivity index (χ1) is 16.6. The SMILES string of the molecule is O=C(/C=C/c1ccc(-c2ccccc2[N+](=O)[O-])o1)Nc1ccccc1-c1nc2ccccc2s1. The van der Waals surface area contributed by atoms with Gasteiger partial charge in [0.15, 0.2) is 0 Å². The maximum atomic E-state index is 12.6. The Morgan fingerprint density at radius 2 is 1.68 bits per heavy atom. The van der Waals surface area contributed by atoms with Crippen LogP contribution in [0.1, 0.15) is 5.76 Å². The summed E-state index contributed by atoms with van der Waals surface area (Å²) in [6.45, 7) is 0. The predicted octanol–water partition coefficient (Wildman–Crippen LogP) is 6.78. The third-order valence-electron chi connectivity index (χ3n) is 5.10. The van der Waals surface area contributed by atoms with Crippen LogP contribution in [-0.4, -0.2) is 15.8 Å². The molecule has 8 heteroatoms. The first-order valence-corrected chi connectivity index (χ1v) is 11.2. The van der Waals surface area contributed by atoms with Crippen molar-refractivity contribution < 1.29 is 14.1 Å². The number of nitro benzene ring substituents is 1. The molecule has 5 aromatic rings. The molecule has 0 atom stereocenters. The van der Waals surface area contributed by atoms with Gasteiger partial charge < -0.3 is 9.73 Å². The van der Waals surface area contributed by atoms with Gasteiger partial charge in [-0.25, -0.2) is 4.98 Å². The molecule has 0 fully saturated rings. The largest absolute Gasteiger partial charge is 0.456 e. The molecule has 2 aromatic heterocycles. The minimum absolute atomic E-state index is 0.0448. The van der Waals surface area contributed by atoms with Crippen molar-refractivity contribution in [3.05, 3.63) is 107 Å². The van der Waals surface area contributed by atoms with Crippen LogP contribution in [0.4, 0.5) is 11.4 Å². The second kappa shape index (κ2) is 9.13. The van der Waals surface area contributed by atoms with Gasteiger partial charge in [0, 0.05) is 17.7 Å². The van der Waals surface area contributed by atoms with Crippen LogP contribution in [0.2, 0.25) is 0 Å². The third kappa shape index (κ3) is 4.35. The van der Waals surface area contributed by atoms with Crippen molar-refractivity contribution in [2.24, 2.45) is 0 Å². The van der Waals surface area contributed by atoms with E-state index >= 15 is 0 Å². The molecular formula is C26H17N3O4S. The van der Waals surface area contributed by atoms with Gasteiger partial charge in [-0.05, 0) is 48.5 Å². The van der Waals surface area contributed by atoms with Crippen molar-refractivity contribution in [2.45, 2.75) is 0 Å². The molecule has 2 heterocycles. The number of anilines is 1. The number of carbonyl (C=O) groups excluding carboxylic acids is 1. The summed E-state index contributed by atoms with van der Waals surface area (Å²) in [6, 6.07) is 25.0. The van der Waals surface area contributed by atoms with E-state index in [1.807, 2.05) is 48.5 Å². The minimum Gasteiger partial charge on any atom is -0.456 e. The van der Waals surface area contributed by atoms with Gasteiger partial charge >= 0.3 is 0 Å². The average molecular weight is 468 g/mol. The van der Waals surface area contributed by atoms with Crippen molar-refractivity contribution in [1.29, 1.82) is 0 Å². The maximum Gasteiger partial charge on any atom is 0.280 e. The Morgan fingerprint density at radius 3 is 2.50 bits per heavy atom. The van der Waals surface area contributed by atoms with E-state index in [1.54, 1.807) is 41.7 Å². The van der Waals surface area contributed by atoms with E-state index in [0.717, 1.165) is 20.8 Å². The fourth-order valence-corrected chi connectivity index (χ4v) is 4.53. The molecule has 7 nitrogen and oxygen atoms in total. The standard InChI is InChI=1S/C26H17N3O4S/c30-25(16-14-17-13-15-23(33-17)19-8-2-5-11-22(19)29(31)32)27-20-9-3-1-7-18(20)26-28-21-10-4-6-12-24(21)34-26/h1-16H,(H,27,30)/b16-14+. The van der Waals surface area contributed by atoms with Gasteiger partial charge in [-0.15, -0.1) is 11.3 Å². The summed E-state index contributed by atoms with van der Waals surface area (Å²) in [5.74, 6) is 0.425. The number of nitrogens with one attached hydrogen (secondary N) is 1. The monoisotopic (exact) mass is 467 g/mol. The molecule has 0 aliphatic carbocycles. The van der Waals surface area contributed by atoms with E-state index in [0.29, 0.717) is 22.8 Å². The number of furan rings is 1.